The maximum atomic E-state index is 14.7. The number of ether oxygens (including phenoxy) is 2. The van der Waals surface area contributed by atoms with Crippen LogP contribution in [0.5, 0.6) is 11.5 Å². The molecule has 2 aromatic carbocycles. The number of nitrogens with zero attached hydrogens (tertiary/aromatic N) is 2. The number of nitrogens with two attached hydrogens (primary N) is 1. The number of hydrogen-bond donors (Lipinski definition) is 1. The fraction of sp³-hybridized carbons (Fsp3) is 0.267. The fourth-order valence-corrected chi connectivity index (χ4v) is 6.36. The fourth-order valence-electron chi connectivity index (χ4n) is 6.36. The van der Waals surface area contributed by atoms with Gasteiger partial charge in [-0.2, -0.15) is 5.26 Å². The van der Waals surface area contributed by atoms with Crippen molar-refractivity contribution in [2.75, 3.05) is 4.90 Å². The number of carbonyl (C=O) groups is 2. The Balaban J connectivity index is 1.70. The zero-order valence-electron chi connectivity index (χ0n) is 21.8. The summed E-state index contributed by atoms with van der Waals surface area (Å²) in [6.45, 7) is 7.48. The van der Waals surface area contributed by atoms with E-state index in [2.05, 4.69) is 0 Å². The van der Waals surface area contributed by atoms with E-state index < -0.39 is 28.5 Å². The number of rotatable bonds is 2. The molecule has 1 aromatic heterocycles. The van der Waals surface area contributed by atoms with E-state index in [0.29, 0.717) is 23.2 Å². The molecule has 0 fully saturated rings. The van der Waals surface area contributed by atoms with E-state index in [1.807, 2.05) is 26.8 Å². The van der Waals surface area contributed by atoms with Crippen molar-refractivity contribution in [1.82, 2.24) is 0 Å². The van der Waals surface area contributed by atoms with Crippen LogP contribution in [0.4, 0.5) is 5.69 Å². The lowest BCUT2D eigenvalue weighted by molar-refractivity contribution is -0.122. The number of fused-ring (bicyclic) bond motifs is 3. The molecule has 0 bridgehead atoms. The highest BCUT2D eigenvalue weighted by Gasteiger charge is 2.64. The Kier molecular flexibility index (Phi) is 5.07. The van der Waals surface area contributed by atoms with Crippen LogP contribution in [0.15, 0.2) is 69.2 Å². The number of benzene rings is 2. The van der Waals surface area contributed by atoms with E-state index in [1.54, 1.807) is 54.3 Å². The maximum absolute atomic E-state index is 14.7. The Morgan fingerprint density at radius 1 is 1.18 bits per heavy atom. The molecule has 9 heteroatoms. The van der Waals surface area contributed by atoms with Crippen molar-refractivity contribution in [3.63, 3.8) is 0 Å². The Hall–Kier alpha value is -4.84. The van der Waals surface area contributed by atoms with Gasteiger partial charge in [-0.15, -0.1) is 0 Å². The van der Waals surface area contributed by atoms with Crippen LogP contribution >= 0.6 is 0 Å². The summed E-state index contributed by atoms with van der Waals surface area (Å²) in [6.07, 6.45) is 0.588. The molecule has 1 amide bonds. The molecule has 0 aliphatic carbocycles. The van der Waals surface area contributed by atoms with Gasteiger partial charge in [-0.25, -0.2) is 9.59 Å². The number of esters is 1. The molecule has 2 atom stereocenters. The normalized spacial score (nSPS) is 22.2. The smallest absolute Gasteiger partial charge is 0.344 e. The number of anilines is 1. The van der Waals surface area contributed by atoms with Gasteiger partial charge in [0.15, 0.2) is 5.41 Å². The number of carbonyl (C=O) groups excluding carboxylic acids is 2. The van der Waals surface area contributed by atoms with Gasteiger partial charge in [0, 0.05) is 17.2 Å². The average molecular weight is 524 g/mol. The second kappa shape index (κ2) is 8.08. The van der Waals surface area contributed by atoms with Crippen LogP contribution in [0.1, 0.15) is 65.9 Å². The van der Waals surface area contributed by atoms with Gasteiger partial charge in [0.2, 0.25) is 11.8 Å². The van der Waals surface area contributed by atoms with E-state index in [-0.39, 0.29) is 40.2 Å². The summed E-state index contributed by atoms with van der Waals surface area (Å²) in [5, 5.41) is 10.3. The standard InChI is InChI=1S/C30H25N3O6/c1-15-13-29(3,4)33-24-19(15)11-18(38-26(34)17-8-6-5-7-9-17)12-20(24)30(28(33)36)21(14-31)25(32)39-22-10-16(2)37-27(35)23(22)30/h5-12,15H,13,32H2,1-4H3/t15-,30-/m1/s1. The summed E-state index contributed by atoms with van der Waals surface area (Å²) < 4.78 is 16.9. The maximum Gasteiger partial charge on any atom is 0.344 e. The summed E-state index contributed by atoms with van der Waals surface area (Å²) >= 11 is 0. The highest BCUT2D eigenvalue weighted by molar-refractivity contribution is 6.16. The van der Waals surface area contributed by atoms with Crippen molar-refractivity contribution < 1.29 is 23.5 Å². The zero-order chi connectivity index (χ0) is 27.9. The topological polar surface area (TPSA) is 136 Å². The minimum atomic E-state index is -1.94. The molecule has 3 aromatic rings. The number of amides is 1. The molecule has 4 heterocycles. The van der Waals surface area contributed by atoms with Crippen LogP contribution in [0.25, 0.3) is 0 Å². The molecule has 6 rings (SSSR count). The lowest BCUT2D eigenvalue weighted by Gasteiger charge is -2.44. The van der Waals surface area contributed by atoms with Crippen LogP contribution in [-0.4, -0.2) is 17.4 Å². The third-order valence-electron chi connectivity index (χ3n) is 7.79. The monoisotopic (exact) mass is 523 g/mol. The molecule has 3 aliphatic heterocycles. The predicted octanol–water partition coefficient (Wildman–Crippen LogP) is 4.17. The highest BCUT2D eigenvalue weighted by Crippen LogP contribution is 2.61. The number of nitriles is 1. The van der Waals surface area contributed by atoms with Crippen LogP contribution in [0, 0.1) is 18.3 Å². The molecular formula is C30H25N3O6. The van der Waals surface area contributed by atoms with Crippen molar-refractivity contribution >= 4 is 17.6 Å². The minimum absolute atomic E-state index is 0.0380. The number of hydrogen-bond acceptors (Lipinski definition) is 8. The summed E-state index contributed by atoms with van der Waals surface area (Å²) in [5.41, 5.74) is 4.48. The molecular weight excluding hydrogens is 498 g/mol. The first-order chi connectivity index (χ1) is 18.5. The molecule has 196 valence electrons. The molecule has 9 nitrogen and oxygen atoms in total. The first kappa shape index (κ1) is 24.5. The Morgan fingerprint density at radius 2 is 1.90 bits per heavy atom. The van der Waals surface area contributed by atoms with Crippen molar-refractivity contribution in [2.45, 2.75) is 51.0 Å². The quantitative estimate of drug-likeness (QED) is 0.390. The largest absolute Gasteiger partial charge is 0.440 e. The molecule has 0 unspecified atom stereocenters. The van der Waals surface area contributed by atoms with Gasteiger partial charge in [-0.3, -0.25) is 4.79 Å². The Bertz CT molecular complexity index is 1730. The third-order valence-corrected chi connectivity index (χ3v) is 7.79. The predicted molar refractivity (Wildman–Crippen MR) is 140 cm³/mol. The molecule has 0 saturated carbocycles. The van der Waals surface area contributed by atoms with E-state index in [9.17, 15) is 19.6 Å². The number of aryl methyl sites for hydroxylation is 1. The molecule has 0 radical (unpaired) electrons. The first-order valence-electron chi connectivity index (χ1n) is 12.5. The summed E-state index contributed by atoms with van der Waals surface area (Å²) in [6, 6.07) is 15.3. The van der Waals surface area contributed by atoms with Crippen LogP contribution in [0.2, 0.25) is 0 Å². The van der Waals surface area contributed by atoms with Crippen LogP contribution < -0.4 is 25.7 Å². The van der Waals surface area contributed by atoms with Gasteiger partial charge in [0.05, 0.1) is 11.3 Å². The lowest BCUT2D eigenvalue weighted by atomic mass is 9.69. The highest BCUT2D eigenvalue weighted by atomic mass is 16.5. The van der Waals surface area contributed by atoms with Gasteiger partial charge < -0.3 is 24.5 Å². The zero-order valence-corrected chi connectivity index (χ0v) is 21.8. The first-order valence-corrected chi connectivity index (χ1v) is 12.5. The Morgan fingerprint density at radius 3 is 2.59 bits per heavy atom. The lowest BCUT2D eigenvalue weighted by Crippen LogP contribution is -2.55. The second-order valence-corrected chi connectivity index (χ2v) is 10.8. The summed E-state index contributed by atoms with van der Waals surface area (Å²) in [7, 11) is 0. The van der Waals surface area contributed by atoms with Crippen molar-refractivity contribution in [2.24, 2.45) is 5.73 Å². The van der Waals surface area contributed by atoms with Gasteiger partial charge >= 0.3 is 11.6 Å². The van der Waals surface area contributed by atoms with E-state index >= 15 is 0 Å². The van der Waals surface area contributed by atoms with Gasteiger partial charge in [0.1, 0.15) is 34.5 Å². The molecule has 0 saturated heterocycles. The molecule has 2 N–H and O–H groups in total. The molecule has 39 heavy (non-hydrogen) atoms. The van der Waals surface area contributed by atoms with Crippen LogP contribution in [0.3, 0.4) is 0 Å². The van der Waals surface area contributed by atoms with Crippen molar-refractivity contribution in [3.05, 3.63) is 98.4 Å². The van der Waals surface area contributed by atoms with Crippen molar-refractivity contribution in [3.8, 4) is 17.6 Å². The second-order valence-electron chi connectivity index (χ2n) is 10.8. The minimum Gasteiger partial charge on any atom is -0.440 e. The van der Waals surface area contributed by atoms with Gasteiger partial charge in [-0.05, 0) is 62.9 Å². The van der Waals surface area contributed by atoms with E-state index in [1.165, 1.54) is 6.07 Å². The SMILES string of the molecule is Cc1cc2c(c(=O)o1)[C@]1(C(=O)N3c4c(cc(OC(=O)c5ccccc5)cc41)[C@H](C)CC3(C)C)C(C#N)=C(N)O2. The van der Waals surface area contributed by atoms with Gasteiger partial charge in [-0.1, -0.05) is 25.1 Å². The van der Waals surface area contributed by atoms with E-state index in [0.717, 1.165) is 5.56 Å². The molecule has 1 spiro atoms. The van der Waals surface area contributed by atoms with Gasteiger partial charge in [0.25, 0.3) is 0 Å². The molecule has 3 aliphatic rings. The summed E-state index contributed by atoms with van der Waals surface area (Å²) in [5.74, 6) is -0.937. The van der Waals surface area contributed by atoms with E-state index in [4.69, 9.17) is 19.6 Å². The Labute approximate surface area is 224 Å². The average Bonchev–Trinajstić information content (AvgIpc) is 3.12. The van der Waals surface area contributed by atoms with Crippen LogP contribution in [-0.2, 0) is 10.2 Å². The summed E-state index contributed by atoms with van der Waals surface area (Å²) in [4.78, 5) is 42.8. The van der Waals surface area contributed by atoms with Crippen molar-refractivity contribution in [1.29, 1.82) is 5.26 Å². The third kappa shape index (κ3) is 3.21.